The number of hydrogen-bond acceptors (Lipinski definition) is 2. The van der Waals surface area contributed by atoms with Gasteiger partial charge < -0.3 is 9.84 Å². The molecule has 15 heavy (non-hydrogen) atoms. The van der Waals surface area contributed by atoms with E-state index in [1.165, 1.54) is 7.11 Å². The predicted octanol–water partition coefficient (Wildman–Crippen LogP) is 2.79. The van der Waals surface area contributed by atoms with Crippen molar-refractivity contribution in [1.82, 2.24) is 0 Å². The summed E-state index contributed by atoms with van der Waals surface area (Å²) in [5.74, 6) is -0.873. The zero-order valence-electron chi connectivity index (χ0n) is 8.66. The van der Waals surface area contributed by atoms with Crippen molar-refractivity contribution in [2.45, 2.75) is 18.9 Å². The summed E-state index contributed by atoms with van der Waals surface area (Å²) < 4.78 is 6.24. The van der Waals surface area contributed by atoms with Crippen molar-refractivity contribution in [1.29, 1.82) is 0 Å². The number of hydrogen-bond donors (Lipinski definition) is 1. The number of aliphatic carboxylic acids is 1. The van der Waals surface area contributed by atoms with Gasteiger partial charge in [0.25, 0.3) is 0 Å². The molecule has 4 heteroatoms. The Kier molecular flexibility index (Phi) is 3.88. The average Bonchev–Trinajstić information content (AvgIpc) is 2.17. The van der Waals surface area contributed by atoms with E-state index in [9.17, 15) is 4.79 Å². The van der Waals surface area contributed by atoms with Gasteiger partial charge in [0, 0.05) is 11.6 Å². The van der Waals surface area contributed by atoms with E-state index in [4.69, 9.17) is 9.84 Å². The smallest absolute Gasteiger partial charge is 0.306 e. The molecule has 82 valence electrons. The van der Waals surface area contributed by atoms with Gasteiger partial charge in [-0.3, -0.25) is 4.79 Å². The fourth-order valence-electron chi connectivity index (χ4n) is 1.38. The van der Waals surface area contributed by atoms with Crippen molar-refractivity contribution in [3.05, 3.63) is 34.3 Å². The lowest BCUT2D eigenvalue weighted by Crippen LogP contribution is -2.27. The summed E-state index contributed by atoms with van der Waals surface area (Å²) in [7, 11) is 1.52. The van der Waals surface area contributed by atoms with Crippen molar-refractivity contribution in [3.8, 4) is 0 Å². The number of carboxylic acids is 1. The lowest BCUT2D eigenvalue weighted by atomic mass is 9.92. The molecule has 1 unspecified atom stereocenters. The van der Waals surface area contributed by atoms with Crippen LogP contribution in [-0.4, -0.2) is 18.2 Å². The van der Waals surface area contributed by atoms with Gasteiger partial charge in [-0.25, -0.2) is 0 Å². The Morgan fingerprint density at radius 1 is 1.47 bits per heavy atom. The van der Waals surface area contributed by atoms with Crippen molar-refractivity contribution in [2.75, 3.05) is 7.11 Å². The number of benzene rings is 1. The fraction of sp³-hybridized carbons (Fsp3) is 0.364. The van der Waals surface area contributed by atoms with Gasteiger partial charge >= 0.3 is 5.97 Å². The van der Waals surface area contributed by atoms with Crippen molar-refractivity contribution < 1.29 is 14.6 Å². The minimum Gasteiger partial charge on any atom is -0.481 e. The van der Waals surface area contributed by atoms with E-state index in [1.54, 1.807) is 6.92 Å². The molecule has 0 radical (unpaired) electrons. The molecule has 0 spiro atoms. The van der Waals surface area contributed by atoms with Crippen LogP contribution < -0.4 is 0 Å². The van der Waals surface area contributed by atoms with Crippen molar-refractivity contribution in [3.63, 3.8) is 0 Å². The highest BCUT2D eigenvalue weighted by Crippen LogP contribution is 2.29. The molecular formula is C11H13BrO3. The van der Waals surface area contributed by atoms with Crippen LogP contribution in [0.15, 0.2) is 28.7 Å². The lowest BCUT2D eigenvalue weighted by Gasteiger charge is -2.26. The van der Waals surface area contributed by atoms with Crippen LogP contribution in [0.3, 0.4) is 0 Å². The van der Waals surface area contributed by atoms with Crippen LogP contribution in [0.1, 0.15) is 18.9 Å². The Bertz CT molecular complexity index is 347. The normalized spacial score (nSPS) is 14.6. The summed E-state index contributed by atoms with van der Waals surface area (Å²) in [4.78, 5) is 10.7. The second kappa shape index (κ2) is 4.77. The monoisotopic (exact) mass is 272 g/mol. The van der Waals surface area contributed by atoms with E-state index in [2.05, 4.69) is 15.9 Å². The minimum absolute atomic E-state index is 0.0505. The largest absolute Gasteiger partial charge is 0.481 e. The Labute approximate surface area is 97.2 Å². The Morgan fingerprint density at radius 2 is 2.00 bits per heavy atom. The highest BCUT2D eigenvalue weighted by molar-refractivity contribution is 9.10. The molecular weight excluding hydrogens is 260 g/mol. The Balaban J connectivity index is 3.00. The lowest BCUT2D eigenvalue weighted by molar-refractivity contribution is -0.143. The summed E-state index contributed by atoms with van der Waals surface area (Å²) in [6.45, 7) is 1.77. The van der Waals surface area contributed by atoms with Gasteiger partial charge in [-0.2, -0.15) is 0 Å². The number of rotatable bonds is 4. The van der Waals surface area contributed by atoms with E-state index in [0.29, 0.717) is 0 Å². The molecule has 0 amide bonds. The maximum atomic E-state index is 10.7. The van der Waals surface area contributed by atoms with Gasteiger partial charge in [0.1, 0.15) is 5.60 Å². The average molecular weight is 273 g/mol. The number of ether oxygens (including phenoxy) is 1. The van der Waals surface area contributed by atoms with Gasteiger partial charge in [0.2, 0.25) is 0 Å². The molecule has 0 aliphatic rings. The Morgan fingerprint density at radius 3 is 2.40 bits per heavy atom. The molecule has 0 aromatic heterocycles. The van der Waals surface area contributed by atoms with Crippen LogP contribution in [0.2, 0.25) is 0 Å². The molecule has 0 aliphatic heterocycles. The third-order valence-electron chi connectivity index (χ3n) is 2.39. The summed E-state index contributed by atoms with van der Waals surface area (Å²) in [6.07, 6.45) is -0.0505. The summed E-state index contributed by atoms with van der Waals surface area (Å²) in [6, 6.07) is 7.45. The van der Waals surface area contributed by atoms with E-state index in [-0.39, 0.29) is 6.42 Å². The second-order valence-corrected chi connectivity index (χ2v) is 4.43. The van der Waals surface area contributed by atoms with Gasteiger partial charge in [-0.15, -0.1) is 0 Å². The van der Waals surface area contributed by atoms with Crippen LogP contribution in [0.5, 0.6) is 0 Å². The first-order valence-corrected chi connectivity index (χ1v) is 5.30. The number of halogens is 1. The molecule has 0 bridgehead atoms. The molecule has 3 nitrogen and oxygen atoms in total. The number of carboxylic acid groups (broad SMARTS) is 1. The van der Waals surface area contributed by atoms with Gasteiger partial charge in [0.05, 0.1) is 6.42 Å². The molecule has 1 aromatic carbocycles. The summed E-state index contributed by atoms with van der Waals surface area (Å²) in [5.41, 5.74) is 0.0857. The topological polar surface area (TPSA) is 46.5 Å². The zero-order chi connectivity index (χ0) is 11.5. The van der Waals surface area contributed by atoms with Crippen molar-refractivity contribution in [2.24, 2.45) is 0 Å². The van der Waals surface area contributed by atoms with Crippen LogP contribution in [0.4, 0.5) is 0 Å². The van der Waals surface area contributed by atoms with E-state index in [0.717, 1.165) is 10.0 Å². The first-order valence-electron chi connectivity index (χ1n) is 4.51. The van der Waals surface area contributed by atoms with Gasteiger partial charge in [-0.1, -0.05) is 28.1 Å². The third-order valence-corrected chi connectivity index (χ3v) is 2.92. The number of methoxy groups -OCH3 is 1. The molecule has 0 aliphatic carbocycles. The first kappa shape index (κ1) is 12.2. The van der Waals surface area contributed by atoms with Crippen LogP contribution in [0.25, 0.3) is 0 Å². The van der Waals surface area contributed by atoms with E-state index in [1.807, 2.05) is 24.3 Å². The summed E-state index contributed by atoms with van der Waals surface area (Å²) >= 11 is 3.33. The Hall–Kier alpha value is -0.870. The summed E-state index contributed by atoms with van der Waals surface area (Å²) in [5, 5.41) is 8.81. The second-order valence-electron chi connectivity index (χ2n) is 3.51. The van der Waals surface area contributed by atoms with E-state index < -0.39 is 11.6 Å². The predicted molar refractivity (Wildman–Crippen MR) is 60.8 cm³/mol. The highest BCUT2D eigenvalue weighted by Gasteiger charge is 2.29. The highest BCUT2D eigenvalue weighted by atomic mass is 79.9. The van der Waals surface area contributed by atoms with Gasteiger partial charge in [-0.05, 0) is 24.6 Å². The molecule has 1 N–H and O–H groups in total. The molecule has 1 atom stereocenters. The minimum atomic E-state index is -0.873. The molecule has 0 fully saturated rings. The van der Waals surface area contributed by atoms with Crippen LogP contribution in [0, 0.1) is 0 Å². The van der Waals surface area contributed by atoms with Crippen LogP contribution in [-0.2, 0) is 15.1 Å². The third kappa shape index (κ3) is 3.04. The first-order chi connectivity index (χ1) is 6.98. The molecule has 0 heterocycles. The SMILES string of the molecule is COC(C)(CC(=O)O)c1ccc(Br)cc1. The molecule has 0 saturated heterocycles. The van der Waals surface area contributed by atoms with Gasteiger partial charge in [0.15, 0.2) is 0 Å². The molecule has 0 saturated carbocycles. The molecule has 1 aromatic rings. The number of carbonyl (C=O) groups is 1. The van der Waals surface area contributed by atoms with E-state index >= 15 is 0 Å². The standard InChI is InChI=1S/C11H13BrO3/c1-11(15-2,7-10(13)14)8-3-5-9(12)6-4-8/h3-6H,7H2,1-2H3,(H,13,14). The molecule has 1 rings (SSSR count). The maximum Gasteiger partial charge on any atom is 0.306 e. The zero-order valence-corrected chi connectivity index (χ0v) is 10.2. The quantitative estimate of drug-likeness (QED) is 0.917. The fourth-order valence-corrected chi connectivity index (χ4v) is 1.65. The maximum absolute atomic E-state index is 10.7. The van der Waals surface area contributed by atoms with Crippen molar-refractivity contribution >= 4 is 21.9 Å². The van der Waals surface area contributed by atoms with Crippen LogP contribution >= 0.6 is 15.9 Å².